The van der Waals surface area contributed by atoms with Crippen LogP contribution in [0.3, 0.4) is 0 Å². The third-order valence-corrected chi connectivity index (χ3v) is 7.50. The second-order valence-corrected chi connectivity index (χ2v) is 10.2. The Morgan fingerprint density at radius 1 is 1.11 bits per heavy atom. The van der Waals surface area contributed by atoms with E-state index in [1.807, 2.05) is 0 Å². The molecule has 8 nitrogen and oxygen atoms in total. The number of halogens is 3. The smallest absolute Gasteiger partial charge is 0.391 e. The van der Waals surface area contributed by atoms with E-state index >= 15 is 0 Å². The van der Waals surface area contributed by atoms with Gasteiger partial charge in [0.05, 0.1) is 24.3 Å². The minimum atomic E-state index is -4.18. The Kier molecular flexibility index (Phi) is 6.98. The number of nitrogens with one attached hydrogen (secondary N) is 1. The summed E-state index contributed by atoms with van der Waals surface area (Å²) in [6.45, 7) is 0. The summed E-state index contributed by atoms with van der Waals surface area (Å²) in [5, 5.41) is 8.70. The Morgan fingerprint density at radius 2 is 1.78 bits per heavy atom. The largest absolute Gasteiger partial charge is 0.495 e. The number of methoxy groups -OCH3 is 1. The molecule has 1 aromatic heterocycles. The maximum atomic E-state index is 12.9. The van der Waals surface area contributed by atoms with Gasteiger partial charge in [0.2, 0.25) is 10.9 Å². The van der Waals surface area contributed by atoms with Gasteiger partial charge in [-0.15, -0.1) is 0 Å². The van der Waals surface area contributed by atoms with Crippen molar-refractivity contribution in [2.45, 2.75) is 42.8 Å². The molecular weight excluding hydrogens is 501 g/mol. The van der Waals surface area contributed by atoms with Crippen LogP contribution in [0.1, 0.15) is 47.5 Å². The van der Waals surface area contributed by atoms with Crippen molar-refractivity contribution in [3.63, 3.8) is 0 Å². The van der Waals surface area contributed by atoms with Crippen LogP contribution >= 0.6 is 0 Å². The van der Waals surface area contributed by atoms with Gasteiger partial charge in [0, 0.05) is 5.56 Å². The average molecular weight is 525 g/mol. The minimum absolute atomic E-state index is 0.0158. The Bertz CT molecular complexity index is 1340. The predicted molar refractivity (Wildman–Crippen MR) is 123 cm³/mol. The molecule has 36 heavy (non-hydrogen) atoms. The van der Waals surface area contributed by atoms with E-state index in [-0.39, 0.29) is 41.7 Å². The van der Waals surface area contributed by atoms with E-state index in [0.29, 0.717) is 18.4 Å². The fraction of sp³-hybridized carbons (Fsp3) is 0.333. The number of rotatable bonds is 7. The van der Waals surface area contributed by atoms with Crippen LogP contribution in [0.4, 0.5) is 18.9 Å². The van der Waals surface area contributed by atoms with Crippen LogP contribution in [0.2, 0.25) is 0 Å². The number of alkyl halides is 3. The summed E-state index contributed by atoms with van der Waals surface area (Å²) < 4.78 is 77.1. The lowest BCUT2D eigenvalue weighted by Gasteiger charge is -2.30. The van der Waals surface area contributed by atoms with Crippen molar-refractivity contribution in [1.82, 2.24) is 4.98 Å². The Morgan fingerprint density at radius 3 is 2.36 bits per heavy atom. The molecule has 3 aromatic rings. The van der Waals surface area contributed by atoms with Crippen molar-refractivity contribution in [3.8, 4) is 17.2 Å². The van der Waals surface area contributed by atoms with E-state index < -0.39 is 33.1 Å². The van der Waals surface area contributed by atoms with E-state index in [4.69, 9.17) is 14.3 Å². The van der Waals surface area contributed by atoms with Gasteiger partial charge in [0.15, 0.2) is 0 Å². The first-order valence-electron chi connectivity index (χ1n) is 11.0. The number of nitrogens with zero attached hydrogens (tertiary/aromatic N) is 1. The van der Waals surface area contributed by atoms with E-state index in [0.717, 1.165) is 11.8 Å². The monoisotopic (exact) mass is 524 g/mol. The Hall–Kier alpha value is -3.54. The number of carbonyl (C=O) groups is 1. The van der Waals surface area contributed by atoms with Gasteiger partial charge in [0.25, 0.3) is 10.0 Å². The highest BCUT2D eigenvalue weighted by Crippen LogP contribution is 2.43. The summed E-state index contributed by atoms with van der Waals surface area (Å²) in [7, 11) is -2.91. The molecule has 12 heteroatoms. The zero-order chi connectivity index (χ0) is 26.1. The molecule has 2 aromatic carbocycles. The normalized spacial score (nSPS) is 18.6. The second-order valence-electron chi connectivity index (χ2n) is 8.53. The molecule has 0 unspecified atom stereocenters. The number of hydrogen-bond donors (Lipinski definition) is 2. The maximum Gasteiger partial charge on any atom is 0.391 e. The molecule has 1 heterocycles. The molecule has 192 valence electrons. The average Bonchev–Trinajstić information content (AvgIpc) is 3.35. The number of oxazole rings is 1. The summed E-state index contributed by atoms with van der Waals surface area (Å²) in [6, 6.07) is 10.6. The summed E-state index contributed by atoms with van der Waals surface area (Å²) in [5.41, 5.74) is 1.37. The predicted octanol–water partition coefficient (Wildman–Crippen LogP) is 5.69. The van der Waals surface area contributed by atoms with Gasteiger partial charge < -0.3 is 14.3 Å². The molecule has 1 saturated carbocycles. The van der Waals surface area contributed by atoms with Crippen molar-refractivity contribution >= 4 is 21.7 Å². The number of carboxylic acids is 1. The fourth-order valence-corrected chi connectivity index (χ4v) is 5.21. The van der Waals surface area contributed by atoms with Crippen molar-refractivity contribution < 1.29 is 40.6 Å². The Balaban J connectivity index is 1.46. The van der Waals surface area contributed by atoms with E-state index in [2.05, 4.69) is 9.71 Å². The molecular formula is C24H23F3N2O6S. The molecule has 0 atom stereocenters. The number of ether oxygens (including phenoxy) is 1. The molecule has 2 N–H and O–H groups in total. The van der Waals surface area contributed by atoms with E-state index in [9.17, 15) is 26.4 Å². The van der Waals surface area contributed by atoms with E-state index in [1.54, 1.807) is 24.3 Å². The Labute approximate surface area is 205 Å². The number of anilines is 1. The molecule has 1 aliphatic rings. The summed E-state index contributed by atoms with van der Waals surface area (Å²) in [6.07, 6.45) is -2.07. The zero-order valence-electron chi connectivity index (χ0n) is 19.1. The van der Waals surface area contributed by atoms with Crippen LogP contribution in [0, 0.1) is 5.92 Å². The first-order valence-corrected chi connectivity index (χ1v) is 12.5. The van der Waals surface area contributed by atoms with Crippen molar-refractivity contribution in [3.05, 3.63) is 59.9 Å². The van der Waals surface area contributed by atoms with Gasteiger partial charge in [-0.05, 0) is 67.5 Å². The van der Waals surface area contributed by atoms with Crippen LogP contribution in [-0.2, 0) is 10.0 Å². The highest BCUT2D eigenvalue weighted by molar-refractivity contribution is 7.92. The molecule has 0 bridgehead atoms. The third-order valence-electron chi connectivity index (χ3n) is 6.27. The highest BCUT2D eigenvalue weighted by Gasteiger charge is 2.41. The van der Waals surface area contributed by atoms with Gasteiger partial charge in [-0.3, -0.25) is 4.72 Å². The molecule has 0 spiro atoms. The zero-order valence-corrected chi connectivity index (χ0v) is 19.9. The molecule has 4 rings (SSSR count). The van der Waals surface area contributed by atoms with Crippen molar-refractivity contribution in [1.29, 1.82) is 0 Å². The molecule has 1 aliphatic carbocycles. The molecule has 0 saturated heterocycles. The van der Waals surface area contributed by atoms with Crippen LogP contribution in [0.5, 0.6) is 5.75 Å². The number of carboxylic acid groups (broad SMARTS) is 1. The van der Waals surface area contributed by atoms with E-state index in [1.165, 1.54) is 25.3 Å². The van der Waals surface area contributed by atoms with Crippen LogP contribution in [0.25, 0.3) is 11.5 Å². The van der Waals surface area contributed by atoms with Gasteiger partial charge in [-0.25, -0.2) is 4.79 Å². The van der Waals surface area contributed by atoms with Gasteiger partial charge >= 0.3 is 12.1 Å². The lowest BCUT2D eigenvalue weighted by molar-refractivity contribution is -0.182. The minimum Gasteiger partial charge on any atom is -0.495 e. The summed E-state index contributed by atoms with van der Waals surface area (Å²) in [4.78, 5) is 15.2. The lowest BCUT2D eigenvalue weighted by atomic mass is 9.78. The van der Waals surface area contributed by atoms with Crippen molar-refractivity contribution in [2.75, 3.05) is 11.8 Å². The van der Waals surface area contributed by atoms with Gasteiger partial charge in [0.1, 0.15) is 12.0 Å². The van der Waals surface area contributed by atoms with Crippen LogP contribution in [-0.4, -0.2) is 37.8 Å². The summed E-state index contributed by atoms with van der Waals surface area (Å²) in [5.74, 6) is -2.34. The topological polar surface area (TPSA) is 119 Å². The SMILES string of the molecule is COc1cc(C(=O)O)ccc1NS(=O)(=O)c1coc(-c2ccc(C3CCC(C(F)(F)F)CC3)cc2)n1. The third kappa shape index (κ3) is 5.48. The molecule has 0 amide bonds. The van der Waals surface area contributed by atoms with Gasteiger partial charge in [-0.2, -0.15) is 26.6 Å². The number of benzene rings is 2. The number of aromatic nitrogens is 1. The van der Waals surface area contributed by atoms with Crippen LogP contribution in [0.15, 0.2) is 58.2 Å². The fourth-order valence-electron chi connectivity index (χ4n) is 4.27. The molecule has 0 aliphatic heterocycles. The number of sulfonamides is 1. The summed E-state index contributed by atoms with van der Waals surface area (Å²) >= 11 is 0. The van der Waals surface area contributed by atoms with Crippen LogP contribution < -0.4 is 9.46 Å². The highest BCUT2D eigenvalue weighted by atomic mass is 32.2. The first kappa shape index (κ1) is 25.5. The standard InChI is InChI=1S/C24H23F3N2O6S/c1-34-20-12-17(23(30)31)8-11-19(20)29-36(32,33)21-13-35-22(28-21)16-4-2-14(3-5-16)15-6-9-18(10-7-15)24(25,26)27/h2-5,8,11-13,15,18,29H,6-7,9-10H2,1H3,(H,30,31). The second kappa shape index (κ2) is 9.84. The maximum absolute atomic E-state index is 12.9. The number of hydrogen-bond acceptors (Lipinski definition) is 6. The quantitative estimate of drug-likeness (QED) is 0.408. The van der Waals surface area contributed by atoms with Gasteiger partial charge in [-0.1, -0.05) is 12.1 Å². The molecule has 0 radical (unpaired) electrons. The lowest BCUT2D eigenvalue weighted by Crippen LogP contribution is -2.27. The van der Waals surface area contributed by atoms with Crippen molar-refractivity contribution in [2.24, 2.45) is 5.92 Å². The molecule has 1 fully saturated rings. The number of aromatic carboxylic acids is 1. The first-order chi connectivity index (χ1) is 17.0.